The number of aromatic nitrogens is 4. The number of hydrogen-bond acceptors (Lipinski definition) is 24. The number of Topliss-reactive ketones (excluding diaryl/α,β-unsaturated/α-hetero) is 1. The van der Waals surface area contributed by atoms with Crippen molar-refractivity contribution in [1.82, 2.24) is 51.0 Å². The molecule has 0 bridgehead atoms. The van der Waals surface area contributed by atoms with Crippen molar-refractivity contribution in [1.29, 1.82) is 0 Å². The Hall–Kier alpha value is -9.38. The van der Waals surface area contributed by atoms with Crippen LogP contribution in [-0.2, 0) is 83.8 Å². The van der Waals surface area contributed by atoms with E-state index in [9.17, 15) is 60.3 Å². The first-order chi connectivity index (χ1) is 58.2. The largest absolute Gasteiger partial charge is 0.493 e. The number of nitrogens with zero attached hydrogens (tertiary/aromatic N) is 6. The molecular weight excluding hydrogens is 1660 g/mol. The number of benzene rings is 2. The van der Waals surface area contributed by atoms with Crippen molar-refractivity contribution in [3.05, 3.63) is 93.6 Å². The molecule has 30 nitrogen and oxygen atoms in total. The predicted octanol–water partition coefficient (Wildman–Crippen LogP) is 11.6. The standard InChI is InChI=1S/C45H57N5O9S2.C41H51N5O8S.C3H7NO2S/c1-7-26-21-45(26,37(51)24-61(55,56)29-12-13-29)49-41(52)34-19-28(22-50(34)42(53)40(44(4,5)6)48-43(54)59-27-10-8-9-11-27)58-36-20-32(33-23-60-38(46-33)18-25(2)3)47-39-30(36)14-15-35-31(39)16-17-57-35;1-7-23-19-41(23,38(49)50)45-36(47)30-17-25(20-46(30)37(48)35(40(4,5)6)44-39(51)54-24-10-8-9-11-24)53-32-18-28(29-21-55-33(42-29)16-22(2)3)43-34-26(32)12-13-31-27(34)14-15-52-31;4-7(5,6)3-1-2-3/h7,14-15,20,23,25-29,34,40H,1,8-13,16-19,21-22,24H2,2-6H3,(H,48,54)(H,49,52);7,12-13,18,21-25,30,35H,1,8-11,14-17,19-20H2,2-6H3,(H,44,51)(H,45,47)(H,49,50);3H,1-2H2,(H2,4,5,6)/t26?,28-,34+,40-,45-;23?,25-,30+,35-,41-;/m11./s1. The van der Waals surface area contributed by atoms with Crippen LogP contribution in [0.25, 0.3) is 44.6 Å². The third-order valence-electron chi connectivity index (χ3n) is 24.7. The van der Waals surface area contributed by atoms with E-state index in [-0.39, 0.29) is 56.2 Å². The first kappa shape index (κ1) is 89.9. The molecule has 4 aliphatic heterocycles. The van der Waals surface area contributed by atoms with E-state index in [1.54, 1.807) is 28.7 Å². The highest BCUT2D eigenvalue weighted by atomic mass is 32.2. The fraction of sp³-hybridized carbons (Fsp3) is 0.596. The van der Waals surface area contributed by atoms with Crippen molar-refractivity contribution < 1.29 is 88.7 Å². The number of nitrogens with one attached hydrogen (secondary N) is 4. The normalized spacial score (nSPS) is 24.0. The number of fused-ring (bicyclic) bond motifs is 6. The molecule has 2 saturated heterocycles. The van der Waals surface area contributed by atoms with Crippen LogP contribution in [-0.4, -0.2) is 201 Å². The summed E-state index contributed by atoms with van der Waals surface area (Å²) in [5.74, 6) is -2.13. The molecule has 6 amide bonds. The summed E-state index contributed by atoms with van der Waals surface area (Å²) in [5, 5.41) is 32.9. The lowest BCUT2D eigenvalue weighted by molar-refractivity contribution is -0.146. The quantitative estimate of drug-likeness (QED) is 0.0248. The molecule has 0 spiro atoms. The van der Waals surface area contributed by atoms with Gasteiger partial charge in [0.2, 0.25) is 33.7 Å². The van der Waals surface area contributed by atoms with Crippen LogP contribution in [0, 0.1) is 34.5 Å². The Morgan fingerprint density at radius 3 is 1.35 bits per heavy atom. The highest BCUT2D eigenvalue weighted by molar-refractivity contribution is 7.93. The molecule has 6 aromatic rings. The molecular formula is C89H115N11O19S4. The van der Waals surface area contributed by atoms with Gasteiger partial charge in [-0.25, -0.2) is 56.3 Å². The van der Waals surface area contributed by atoms with Crippen molar-refractivity contribution in [3.8, 4) is 45.8 Å². The van der Waals surface area contributed by atoms with Gasteiger partial charge in [-0.1, -0.05) is 81.4 Å². The number of amides is 6. The highest BCUT2D eigenvalue weighted by Gasteiger charge is 2.63. The SMILES string of the molecule is C=CC1C[C@]1(NC(=O)[C@@H]1C[C@@H](Oc2cc(-c3csc(CC(C)C)n3)nc3c4c(ccc23)OCC4)CN1C(=O)[C@@H](NC(=O)OC1CCCC1)C(C)(C)C)C(=O)CS(=O)(=O)C1CC1.C=CC1C[C@]1(NC(=O)[C@@H]1C[C@@H](Oc2cc(-c3csc(CC(C)C)n3)nc3c4c(ccc23)OCC4)CN1C(=O)[C@@H](NC(=O)OC1CCCC1)C(C)(C)C)C(=O)O.NS(=O)(=O)C1CC1. The average molecular weight is 1770 g/mol. The van der Waals surface area contributed by atoms with Crippen LogP contribution in [0.15, 0.2) is 72.5 Å². The number of carbonyl (C=O) groups excluding carboxylic acids is 7. The Kier molecular flexibility index (Phi) is 26.3. The molecule has 2 aromatic carbocycles. The van der Waals surface area contributed by atoms with Crippen LogP contribution in [0.3, 0.4) is 0 Å². The van der Waals surface area contributed by atoms with Gasteiger partial charge in [0.1, 0.15) is 88.4 Å². The maximum Gasteiger partial charge on any atom is 0.408 e. The molecule has 16 rings (SSSR count). The van der Waals surface area contributed by atoms with Crippen molar-refractivity contribution in [2.75, 3.05) is 32.1 Å². The zero-order valence-electron chi connectivity index (χ0n) is 71.6. The van der Waals surface area contributed by atoms with E-state index >= 15 is 0 Å². The number of ketones is 1. The lowest BCUT2D eigenvalue weighted by atomic mass is 9.85. The van der Waals surface area contributed by atoms with Gasteiger partial charge >= 0.3 is 18.2 Å². The summed E-state index contributed by atoms with van der Waals surface area (Å²) in [6.07, 6.45) is 12.9. The van der Waals surface area contributed by atoms with E-state index < -0.39 is 149 Å². The number of pyridine rings is 2. The van der Waals surface area contributed by atoms with Crippen molar-refractivity contribution >= 4 is 112 Å². The Morgan fingerprint density at radius 1 is 0.585 bits per heavy atom. The second-order valence-corrected chi connectivity index (χ2v) is 43.6. The van der Waals surface area contributed by atoms with Crippen LogP contribution in [0.1, 0.15) is 193 Å². The van der Waals surface area contributed by atoms with Gasteiger partial charge in [-0.3, -0.25) is 24.0 Å². The third-order valence-corrected chi connectivity index (χ3v) is 30.0. The molecule has 0 radical (unpaired) electrons. The number of thiazole rings is 2. The van der Waals surface area contributed by atoms with Crippen molar-refractivity contribution in [2.24, 2.45) is 39.6 Å². The number of carboxylic acids is 1. The zero-order chi connectivity index (χ0) is 88.2. The Morgan fingerprint density at radius 2 is 0.992 bits per heavy atom. The van der Waals surface area contributed by atoms with Gasteiger partial charge in [0.25, 0.3) is 0 Å². The summed E-state index contributed by atoms with van der Waals surface area (Å²) in [7, 11) is -6.80. The van der Waals surface area contributed by atoms with Gasteiger partial charge in [0, 0.05) is 95.2 Å². The van der Waals surface area contributed by atoms with E-state index in [4.69, 9.17) is 53.5 Å². The summed E-state index contributed by atoms with van der Waals surface area (Å²) < 4.78 is 83.1. The number of hydrogen-bond donors (Lipinski definition) is 6. The summed E-state index contributed by atoms with van der Waals surface area (Å²) in [6.45, 7) is 28.2. The minimum Gasteiger partial charge on any atom is -0.493 e. The number of ether oxygens (including phenoxy) is 6. The Balaban J connectivity index is 0.000000186. The van der Waals surface area contributed by atoms with Gasteiger partial charge in [-0.05, 0) is 137 Å². The number of sulfone groups is 1. The topological polar surface area (TPSA) is 413 Å². The lowest BCUT2D eigenvalue weighted by Gasteiger charge is -2.35. The van der Waals surface area contributed by atoms with Crippen molar-refractivity contribution in [3.63, 3.8) is 0 Å². The molecule has 664 valence electrons. The van der Waals surface area contributed by atoms with E-state index in [2.05, 4.69) is 62.1 Å². The number of aliphatic carboxylic acids is 1. The van der Waals surface area contributed by atoms with E-state index in [1.165, 1.54) is 15.9 Å². The summed E-state index contributed by atoms with van der Waals surface area (Å²) in [4.78, 5) is 134. The monoisotopic (exact) mass is 1770 g/mol. The van der Waals surface area contributed by atoms with E-state index in [0.29, 0.717) is 79.3 Å². The summed E-state index contributed by atoms with van der Waals surface area (Å²) >= 11 is 3.17. The molecule has 123 heavy (non-hydrogen) atoms. The van der Waals surface area contributed by atoms with Crippen LogP contribution >= 0.6 is 22.7 Å². The number of carboxylic acid groups (broad SMARTS) is 1. The second-order valence-electron chi connectivity index (χ2n) is 37.5. The third kappa shape index (κ3) is 20.4. The molecule has 8 heterocycles. The van der Waals surface area contributed by atoms with Gasteiger partial charge in [0.05, 0.1) is 80.6 Å². The first-order valence-corrected chi connectivity index (χ1v) is 48.2. The fourth-order valence-electron chi connectivity index (χ4n) is 17.4. The van der Waals surface area contributed by atoms with Gasteiger partial charge in [-0.15, -0.1) is 35.8 Å². The van der Waals surface area contributed by atoms with Crippen LogP contribution in [0.4, 0.5) is 9.59 Å². The van der Waals surface area contributed by atoms with Crippen LogP contribution < -0.4 is 45.4 Å². The van der Waals surface area contributed by atoms with Crippen LogP contribution in [0.5, 0.6) is 23.0 Å². The van der Waals surface area contributed by atoms with E-state index in [1.807, 2.05) is 88.7 Å². The number of nitrogens with two attached hydrogens (primary N) is 1. The average Bonchev–Trinajstić information content (AvgIpc) is 1.64. The molecule has 6 saturated carbocycles. The minimum absolute atomic E-state index is 0.0102. The predicted molar refractivity (Wildman–Crippen MR) is 464 cm³/mol. The number of carbonyl (C=O) groups is 8. The van der Waals surface area contributed by atoms with Crippen LogP contribution in [0.2, 0.25) is 0 Å². The number of rotatable bonds is 28. The lowest BCUT2D eigenvalue weighted by Crippen LogP contribution is -2.59. The maximum atomic E-state index is 14.9. The first-order valence-electron chi connectivity index (χ1n) is 43.1. The number of alkyl carbamates (subject to hydrolysis) is 2. The molecule has 6 aliphatic carbocycles. The number of likely N-dealkylation sites (tertiary alicyclic amines) is 2. The summed E-state index contributed by atoms with van der Waals surface area (Å²) in [6, 6.07) is 6.98. The van der Waals surface area contributed by atoms with E-state index in [0.717, 1.165) is 137 Å². The molecule has 10 atom stereocenters. The fourth-order valence-corrected chi connectivity index (χ4v) is 21.9. The summed E-state index contributed by atoms with van der Waals surface area (Å²) in [5.41, 5.74) is 1.60. The smallest absolute Gasteiger partial charge is 0.408 e. The molecule has 8 fully saturated rings. The Bertz CT molecular complexity index is 5330. The molecule has 10 aliphatic rings. The molecule has 34 heteroatoms. The van der Waals surface area contributed by atoms with Crippen molar-refractivity contribution in [2.45, 2.75) is 268 Å². The highest BCUT2D eigenvalue weighted by Crippen LogP contribution is 2.49. The second kappa shape index (κ2) is 35.9. The zero-order valence-corrected chi connectivity index (χ0v) is 74.9. The molecule has 2 unspecified atom stereocenters. The number of primary sulfonamides is 1. The Labute approximate surface area is 726 Å². The molecule has 4 aromatic heterocycles. The maximum absolute atomic E-state index is 14.9. The minimum atomic E-state index is -3.67. The van der Waals surface area contributed by atoms with Gasteiger partial charge in [-0.2, -0.15) is 0 Å². The molecule has 7 N–H and O–H groups in total. The van der Waals surface area contributed by atoms with Gasteiger partial charge in [0.15, 0.2) is 15.6 Å². The van der Waals surface area contributed by atoms with Gasteiger partial charge < -0.3 is 64.6 Å². The number of sulfonamides is 1.